The third-order valence-electron chi connectivity index (χ3n) is 3.38. The van der Waals surface area contributed by atoms with Gasteiger partial charge in [0, 0.05) is 5.56 Å². The Morgan fingerprint density at radius 1 is 1.13 bits per heavy atom. The number of thioether (sulfide) groups is 1. The van der Waals surface area contributed by atoms with E-state index >= 15 is 0 Å². The number of nitrogens with zero attached hydrogens (tertiary/aromatic N) is 1. The molecule has 1 heterocycles. The van der Waals surface area contributed by atoms with Crippen LogP contribution in [0.25, 0.3) is 6.08 Å². The highest BCUT2D eigenvalue weighted by Crippen LogP contribution is 2.37. The molecule has 0 aliphatic carbocycles. The van der Waals surface area contributed by atoms with Crippen molar-refractivity contribution in [2.24, 2.45) is 0 Å². The standard InChI is InChI=1S/C17H13NO3S2/c1-10-2-4-12(5-3-10)18-16(21)15(23-17(18)22)9-11-8-13(19)6-7-14(11)20/h2-9,19-20H,1H3/b15-9-. The number of hydrogen-bond acceptors (Lipinski definition) is 5. The fourth-order valence-corrected chi connectivity index (χ4v) is 3.47. The van der Waals surface area contributed by atoms with Crippen LogP contribution in [-0.2, 0) is 4.79 Å². The first-order valence-corrected chi connectivity index (χ1v) is 8.05. The number of carbonyl (C=O) groups is 1. The number of anilines is 1. The van der Waals surface area contributed by atoms with Crippen molar-refractivity contribution in [2.75, 3.05) is 4.90 Å². The summed E-state index contributed by atoms with van der Waals surface area (Å²) in [4.78, 5) is 14.5. The van der Waals surface area contributed by atoms with Gasteiger partial charge in [0.15, 0.2) is 4.32 Å². The fourth-order valence-electron chi connectivity index (χ4n) is 2.18. The maximum atomic E-state index is 12.6. The van der Waals surface area contributed by atoms with Gasteiger partial charge in [-0.3, -0.25) is 9.69 Å². The van der Waals surface area contributed by atoms with E-state index in [1.165, 1.54) is 40.9 Å². The van der Waals surface area contributed by atoms with Crippen LogP contribution in [0.2, 0.25) is 0 Å². The molecule has 0 aromatic heterocycles. The molecule has 2 aromatic rings. The highest BCUT2D eigenvalue weighted by Gasteiger charge is 2.33. The molecule has 0 spiro atoms. The van der Waals surface area contributed by atoms with Crippen molar-refractivity contribution < 1.29 is 15.0 Å². The van der Waals surface area contributed by atoms with E-state index in [4.69, 9.17) is 12.2 Å². The summed E-state index contributed by atoms with van der Waals surface area (Å²) in [5.74, 6) is -0.238. The molecule has 1 aliphatic heterocycles. The molecule has 116 valence electrons. The summed E-state index contributed by atoms with van der Waals surface area (Å²) in [6.07, 6.45) is 1.53. The predicted molar refractivity (Wildman–Crippen MR) is 96.6 cm³/mol. The number of thiocarbonyl (C=S) groups is 1. The SMILES string of the molecule is Cc1ccc(N2C(=O)/C(=C/c3cc(O)ccc3O)SC2=S)cc1. The number of amides is 1. The van der Waals surface area contributed by atoms with Gasteiger partial charge < -0.3 is 10.2 Å². The molecule has 2 N–H and O–H groups in total. The number of rotatable bonds is 2. The number of hydrogen-bond donors (Lipinski definition) is 2. The number of carbonyl (C=O) groups excluding carboxylic acids is 1. The van der Waals surface area contributed by atoms with E-state index in [-0.39, 0.29) is 17.4 Å². The molecule has 3 rings (SSSR count). The molecule has 1 amide bonds. The second-order valence-electron chi connectivity index (χ2n) is 5.10. The Morgan fingerprint density at radius 3 is 2.52 bits per heavy atom. The summed E-state index contributed by atoms with van der Waals surface area (Å²) < 4.78 is 0.435. The van der Waals surface area contributed by atoms with Crippen molar-refractivity contribution in [1.29, 1.82) is 0 Å². The smallest absolute Gasteiger partial charge is 0.270 e. The second-order valence-corrected chi connectivity index (χ2v) is 6.77. The van der Waals surface area contributed by atoms with Gasteiger partial charge in [-0.2, -0.15) is 0 Å². The maximum Gasteiger partial charge on any atom is 0.270 e. The van der Waals surface area contributed by atoms with Gasteiger partial charge in [-0.15, -0.1) is 0 Å². The molecule has 2 aromatic carbocycles. The Bertz CT molecular complexity index is 828. The monoisotopic (exact) mass is 343 g/mol. The van der Waals surface area contributed by atoms with Crippen LogP contribution in [0.15, 0.2) is 47.4 Å². The lowest BCUT2D eigenvalue weighted by molar-refractivity contribution is -0.113. The Morgan fingerprint density at radius 2 is 1.83 bits per heavy atom. The number of phenolic OH excluding ortho intramolecular Hbond substituents is 2. The predicted octanol–water partition coefficient (Wildman–Crippen LogP) is 3.81. The molecular weight excluding hydrogens is 330 g/mol. The summed E-state index contributed by atoms with van der Waals surface area (Å²) in [6.45, 7) is 1.97. The van der Waals surface area contributed by atoms with Crippen molar-refractivity contribution in [1.82, 2.24) is 0 Å². The largest absolute Gasteiger partial charge is 0.508 e. The average molecular weight is 343 g/mol. The lowest BCUT2D eigenvalue weighted by atomic mass is 10.1. The van der Waals surface area contributed by atoms with Crippen molar-refractivity contribution in [3.8, 4) is 11.5 Å². The first kappa shape index (κ1) is 15.6. The Hall–Kier alpha value is -2.31. The van der Waals surface area contributed by atoms with Crippen LogP contribution in [0.5, 0.6) is 11.5 Å². The molecule has 4 nitrogen and oxygen atoms in total. The topological polar surface area (TPSA) is 60.8 Å². The normalized spacial score (nSPS) is 16.4. The van der Waals surface area contributed by atoms with Crippen LogP contribution < -0.4 is 4.90 Å². The molecule has 0 radical (unpaired) electrons. The van der Waals surface area contributed by atoms with Gasteiger partial charge in [-0.05, 0) is 43.3 Å². The Balaban J connectivity index is 1.96. The van der Waals surface area contributed by atoms with Crippen molar-refractivity contribution in [3.05, 3.63) is 58.5 Å². The number of aryl methyl sites for hydroxylation is 1. The summed E-state index contributed by atoms with van der Waals surface area (Å²) >= 11 is 6.47. The third-order valence-corrected chi connectivity index (χ3v) is 4.69. The maximum absolute atomic E-state index is 12.6. The molecule has 0 unspecified atom stereocenters. The summed E-state index contributed by atoms with van der Waals surface area (Å²) in [6, 6.07) is 11.7. The molecule has 23 heavy (non-hydrogen) atoms. The van der Waals surface area contributed by atoms with E-state index < -0.39 is 0 Å². The number of phenols is 2. The Kier molecular flexibility index (Phi) is 4.11. The van der Waals surface area contributed by atoms with E-state index in [1.54, 1.807) is 0 Å². The summed E-state index contributed by atoms with van der Waals surface area (Å²) in [7, 11) is 0. The van der Waals surface area contributed by atoms with Crippen LogP contribution >= 0.6 is 24.0 Å². The van der Waals surface area contributed by atoms with Gasteiger partial charge in [-0.1, -0.05) is 41.7 Å². The quantitative estimate of drug-likeness (QED) is 0.493. The van der Waals surface area contributed by atoms with Crippen molar-refractivity contribution in [3.63, 3.8) is 0 Å². The minimum Gasteiger partial charge on any atom is -0.508 e. The zero-order valence-electron chi connectivity index (χ0n) is 12.2. The van der Waals surface area contributed by atoms with Gasteiger partial charge in [0.05, 0.1) is 10.6 Å². The zero-order valence-corrected chi connectivity index (χ0v) is 13.8. The molecule has 0 saturated carbocycles. The molecule has 0 atom stereocenters. The lowest BCUT2D eigenvalue weighted by Crippen LogP contribution is -2.27. The highest BCUT2D eigenvalue weighted by atomic mass is 32.2. The molecule has 1 saturated heterocycles. The lowest BCUT2D eigenvalue weighted by Gasteiger charge is -2.14. The van der Waals surface area contributed by atoms with Crippen LogP contribution in [0.4, 0.5) is 5.69 Å². The van der Waals surface area contributed by atoms with Gasteiger partial charge in [0.25, 0.3) is 5.91 Å². The second kappa shape index (κ2) is 6.06. The van der Waals surface area contributed by atoms with Crippen molar-refractivity contribution in [2.45, 2.75) is 6.92 Å². The zero-order chi connectivity index (χ0) is 16.6. The first-order valence-electron chi connectivity index (χ1n) is 6.82. The van der Waals surface area contributed by atoms with E-state index in [0.717, 1.165) is 5.56 Å². The average Bonchev–Trinajstić information content (AvgIpc) is 2.79. The first-order chi connectivity index (χ1) is 11.0. The molecular formula is C17H13NO3S2. The minimum atomic E-state index is -0.244. The summed E-state index contributed by atoms with van der Waals surface area (Å²) in [5, 5.41) is 19.4. The van der Waals surface area contributed by atoms with E-state index in [9.17, 15) is 15.0 Å². The van der Waals surface area contributed by atoms with E-state index in [1.807, 2.05) is 31.2 Å². The molecule has 1 aliphatic rings. The van der Waals surface area contributed by atoms with Crippen LogP contribution in [0.3, 0.4) is 0 Å². The Labute approximate surface area is 143 Å². The summed E-state index contributed by atoms with van der Waals surface area (Å²) in [5.41, 5.74) is 2.18. The van der Waals surface area contributed by atoms with Gasteiger partial charge in [0.1, 0.15) is 11.5 Å². The molecule has 0 bridgehead atoms. The van der Waals surface area contributed by atoms with E-state index in [0.29, 0.717) is 20.5 Å². The van der Waals surface area contributed by atoms with Crippen LogP contribution in [0.1, 0.15) is 11.1 Å². The fraction of sp³-hybridized carbons (Fsp3) is 0.0588. The van der Waals surface area contributed by atoms with E-state index in [2.05, 4.69) is 0 Å². The number of benzene rings is 2. The highest BCUT2D eigenvalue weighted by molar-refractivity contribution is 8.27. The van der Waals surface area contributed by atoms with Gasteiger partial charge in [0.2, 0.25) is 0 Å². The van der Waals surface area contributed by atoms with Crippen molar-refractivity contribution >= 4 is 46.0 Å². The molecule has 6 heteroatoms. The van der Waals surface area contributed by atoms with Gasteiger partial charge in [-0.25, -0.2) is 0 Å². The van der Waals surface area contributed by atoms with Crippen LogP contribution in [0, 0.1) is 6.92 Å². The third kappa shape index (κ3) is 3.09. The molecule has 1 fully saturated rings. The van der Waals surface area contributed by atoms with Gasteiger partial charge >= 0.3 is 0 Å². The minimum absolute atomic E-state index is 0.0107. The van der Waals surface area contributed by atoms with Crippen LogP contribution in [-0.4, -0.2) is 20.4 Å². The number of aromatic hydroxyl groups is 2.